The van der Waals surface area contributed by atoms with E-state index in [0.717, 1.165) is 12.1 Å². The molecule has 212 valence electrons. The minimum Gasteiger partial charge on any atom is -0.481 e. The van der Waals surface area contributed by atoms with Crippen molar-refractivity contribution in [3.8, 4) is 22.9 Å². The number of carboxylic acids is 1. The Labute approximate surface area is 231 Å². The Morgan fingerprint density at radius 3 is 2.49 bits per heavy atom. The average Bonchev–Trinajstić information content (AvgIpc) is 3.55. The molecule has 0 radical (unpaired) electrons. The van der Waals surface area contributed by atoms with Crippen molar-refractivity contribution in [1.82, 2.24) is 15.0 Å². The van der Waals surface area contributed by atoms with E-state index in [4.69, 9.17) is 9.84 Å². The zero-order valence-electron chi connectivity index (χ0n) is 22.0. The number of fused-ring (bicyclic) bond motifs is 1. The molecule has 11 heteroatoms. The number of carbonyl (C=O) groups is 1. The van der Waals surface area contributed by atoms with E-state index in [1.54, 1.807) is 6.07 Å². The van der Waals surface area contributed by atoms with Crippen molar-refractivity contribution < 1.29 is 37.3 Å². The van der Waals surface area contributed by atoms with Crippen molar-refractivity contribution in [3.05, 3.63) is 101 Å². The Kier molecular flexibility index (Phi) is 7.31. The Bertz CT molecular complexity index is 1770. The van der Waals surface area contributed by atoms with Gasteiger partial charge in [0.25, 0.3) is 0 Å². The SMILES string of the molecule is CC(C)(O)c1nc(-c2cc(Oc3c(F)cc4[nH]ccc4c3F)ccc2F)[nH]c1Cc1cccc(CCC(=O)O)c1F. The smallest absolute Gasteiger partial charge is 0.303 e. The number of benzene rings is 3. The number of aliphatic hydroxyl groups is 1. The van der Waals surface area contributed by atoms with Gasteiger partial charge in [-0.3, -0.25) is 4.79 Å². The van der Waals surface area contributed by atoms with E-state index in [2.05, 4.69) is 15.0 Å². The van der Waals surface area contributed by atoms with Crippen molar-refractivity contribution in [1.29, 1.82) is 0 Å². The van der Waals surface area contributed by atoms with Crippen LogP contribution < -0.4 is 4.74 Å². The molecule has 2 heterocycles. The number of rotatable bonds is 9. The summed E-state index contributed by atoms with van der Waals surface area (Å²) < 4.78 is 65.3. The summed E-state index contributed by atoms with van der Waals surface area (Å²) in [6, 6.07) is 10.6. The molecule has 0 fully saturated rings. The third-order valence-electron chi connectivity index (χ3n) is 6.61. The van der Waals surface area contributed by atoms with Crippen LogP contribution >= 0.6 is 0 Å². The lowest BCUT2D eigenvalue weighted by molar-refractivity contribution is -0.136. The minimum atomic E-state index is -1.51. The highest BCUT2D eigenvalue weighted by atomic mass is 19.1. The number of aromatic nitrogens is 3. The topological polar surface area (TPSA) is 111 Å². The van der Waals surface area contributed by atoms with Crippen LogP contribution in [0.15, 0.2) is 54.7 Å². The number of nitrogens with one attached hydrogen (secondary N) is 2. The quantitative estimate of drug-likeness (QED) is 0.147. The van der Waals surface area contributed by atoms with Crippen LogP contribution in [0.2, 0.25) is 0 Å². The first-order valence-corrected chi connectivity index (χ1v) is 12.6. The lowest BCUT2D eigenvalue weighted by Crippen LogP contribution is -2.18. The van der Waals surface area contributed by atoms with Crippen LogP contribution in [0.3, 0.4) is 0 Å². The third-order valence-corrected chi connectivity index (χ3v) is 6.61. The fraction of sp³-hybridized carbons (Fsp3) is 0.200. The second-order valence-corrected chi connectivity index (χ2v) is 10.1. The Morgan fingerprint density at radius 1 is 1.00 bits per heavy atom. The maximum Gasteiger partial charge on any atom is 0.303 e. The first-order chi connectivity index (χ1) is 19.4. The lowest BCUT2D eigenvalue weighted by atomic mass is 9.97. The molecule has 5 aromatic rings. The summed E-state index contributed by atoms with van der Waals surface area (Å²) in [5.41, 5.74) is -0.507. The van der Waals surface area contributed by atoms with Gasteiger partial charge in [0.15, 0.2) is 17.4 Å². The Hall–Kier alpha value is -4.64. The first kappa shape index (κ1) is 27.9. The number of halogens is 4. The van der Waals surface area contributed by atoms with Crippen molar-refractivity contribution in [3.63, 3.8) is 0 Å². The summed E-state index contributed by atoms with van der Waals surface area (Å²) in [4.78, 5) is 21.0. The summed E-state index contributed by atoms with van der Waals surface area (Å²) in [5, 5.41) is 19.8. The summed E-state index contributed by atoms with van der Waals surface area (Å²) in [6.07, 6.45) is 1.15. The van der Waals surface area contributed by atoms with E-state index in [1.807, 2.05) is 0 Å². The monoisotopic (exact) mass is 567 g/mol. The highest BCUT2D eigenvalue weighted by Crippen LogP contribution is 2.36. The molecule has 0 spiro atoms. The highest BCUT2D eigenvalue weighted by molar-refractivity contribution is 5.82. The molecular formula is C30H25F4N3O4. The standard InChI is InChI=1S/C30H25F4N3O4/c1-30(2,40)28-23(12-16-5-3-4-15(25(16)33)6-9-24(38)39)36-29(37-28)19-13-17(7-8-20(19)31)41-27-21(32)14-22-18(26(27)34)10-11-35-22/h3-5,7-8,10-11,13-14,35,40H,6,9,12H2,1-2H3,(H,36,37)(H,38,39). The van der Waals surface area contributed by atoms with Crippen LogP contribution in [-0.2, 0) is 23.2 Å². The number of ether oxygens (including phenoxy) is 1. The van der Waals surface area contributed by atoms with E-state index < -0.39 is 40.6 Å². The molecule has 0 aliphatic rings. The maximum absolute atomic E-state index is 15.2. The number of hydrogen-bond acceptors (Lipinski definition) is 4. The second kappa shape index (κ2) is 10.7. The van der Waals surface area contributed by atoms with Gasteiger partial charge in [-0.05, 0) is 55.7 Å². The molecule has 41 heavy (non-hydrogen) atoms. The van der Waals surface area contributed by atoms with Crippen molar-refractivity contribution in [2.75, 3.05) is 0 Å². The van der Waals surface area contributed by atoms with Gasteiger partial charge >= 0.3 is 5.97 Å². The number of nitrogens with zero attached hydrogens (tertiary/aromatic N) is 1. The van der Waals surface area contributed by atoms with E-state index in [1.165, 1.54) is 50.4 Å². The molecule has 0 unspecified atom stereocenters. The van der Waals surface area contributed by atoms with E-state index in [0.29, 0.717) is 5.69 Å². The van der Waals surface area contributed by atoms with E-state index in [9.17, 15) is 18.7 Å². The van der Waals surface area contributed by atoms with Gasteiger partial charge in [0.2, 0.25) is 0 Å². The zero-order valence-corrected chi connectivity index (χ0v) is 22.0. The van der Waals surface area contributed by atoms with Crippen LogP contribution in [0.1, 0.15) is 42.8 Å². The highest BCUT2D eigenvalue weighted by Gasteiger charge is 2.27. The summed E-state index contributed by atoms with van der Waals surface area (Å²) in [6.45, 7) is 2.93. The van der Waals surface area contributed by atoms with Gasteiger partial charge < -0.3 is 24.9 Å². The van der Waals surface area contributed by atoms with Gasteiger partial charge in [0.05, 0.1) is 16.8 Å². The number of hydrogen-bond donors (Lipinski definition) is 4. The number of aliphatic carboxylic acids is 1. The summed E-state index contributed by atoms with van der Waals surface area (Å²) >= 11 is 0. The van der Waals surface area contributed by atoms with Crippen molar-refractivity contribution in [2.45, 2.75) is 38.7 Å². The van der Waals surface area contributed by atoms with Gasteiger partial charge in [0, 0.05) is 36.2 Å². The molecule has 5 rings (SSSR count). The van der Waals surface area contributed by atoms with Crippen LogP contribution in [0.4, 0.5) is 17.6 Å². The molecule has 3 aromatic carbocycles. The predicted molar refractivity (Wildman–Crippen MR) is 143 cm³/mol. The molecule has 0 bridgehead atoms. The predicted octanol–water partition coefficient (Wildman–Crippen LogP) is 6.74. The summed E-state index contributed by atoms with van der Waals surface area (Å²) in [5.74, 6) is -5.02. The molecule has 0 saturated carbocycles. The van der Waals surface area contributed by atoms with Crippen LogP contribution in [0, 0.1) is 23.3 Å². The molecule has 0 aliphatic heterocycles. The maximum atomic E-state index is 15.2. The number of H-pyrrole nitrogens is 2. The van der Waals surface area contributed by atoms with Crippen molar-refractivity contribution >= 4 is 16.9 Å². The minimum absolute atomic E-state index is 0.00219. The first-order valence-electron chi connectivity index (χ1n) is 12.6. The summed E-state index contributed by atoms with van der Waals surface area (Å²) in [7, 11) is 0. The van der Waals surface area contributed by atoms with Gasteiger partial charge in [-0.2, -0.15) is 0 Å². The molecular weight excluding hydrogens is 542 g/mol. The largest absolute Gasteiger partial charge is 0.481 e. The number of imidazole rings is 1. The molecule has 0 amide bonds. The van der Waals surface area contributed by atoms with Gasteiger partial charge in [-0.25, -0.2) is 22.5 Å². The second-order valence-electron chi connectivity index (χ2n) is 10.1. The van der Waals surface area contributed by atoms with Gasteiger partial charge in [0.1, 0.15) is 28.8 Å². The van der Waals surface area contributed by atoms with Crippen LogP contribution in [0.25, 0.3) is 22.3 Å². The van der Waals surface area contributed by atoms with Gasteiger partial charge in [-0.15, -0.1) is 0 Å². The lowest BCUT2D eigenvalue weighted by Gasteiger charge is -2.17. The van der Waals surface area contributed by atoms with Crippen LogP contribution in [-0.4, -0.2) is 31.1 Å². The zero-order chi connectivity index (χ0) is 29.5. The number of aryl methyl sites for hydroxylation is 1. The fourth-order valence-corrected chi connectivity index (χ4v) is 4.64. The Balaban J connectivity index is 1.51. The fourth-order valence-electron chi connectivity index (χ4n) is 4.64. The van der Waals surface area contributed by atoms with Crippen LogP contribution in [0.5, 0.6) is 11.5 Å². The van der Waals surface area contributed by atoms with Crippen molar-refractivity contribution in [2.24, 2.45) is 0 Å². The third kappa shape index (κ3) is 5.66. The molecule has 0 saturated heterocycles. The molecule has 0 atom stereocenters. The number of aromatic amines is 2. The van der Waals surface area contributed by atoms with E-state index >= 15 is 8.78 Å². The Morgan fingerprint density at radius 2 is 1.76 bits per heavy atom. The molecule has 0 aliphatic carbocycles. The molecule has 4 N–H and O–H groups in total. The van der Waals surface area contributed by atoms with Gasteiger partial charge in [-0.1, -0.05) is 18.2 Å². The normalized spacial score (nSPS) is 11.8. The number of carboxylic acid groups (broad SMARTS) is 1. The average molecular weight is 568 g/mol. The molecule has 7 nitrogen and oxygen atoms in total. The molecule has 2 aromatic heterocycles. The van der Waals surface area contributed by atoms with E-state index in [-0.39, 0.29) is 64.1 Å².